The van der Waals surface area contributed by atoms with Crippen LogP contribution in [0.5, 0.6) is 5.75 Å². The number of aryl methyl sites for hydroxylation is 1. The topological polar surface area (TPSA) is 59.7 Å². The number of aromatic hydroxyl groups is 1. The number of hydrazone groups is 1. The Hall–Kier alpha value is -2.36. The molecule has 1 aliphatic carbocycles. The summed E-state index contributed by atoms with van der Waals surface area (Å²) < 4.78 is 0. The third kappa shape index (κ3) is 2.48. The van der Waals surface area contributed by atoms with Gasteiger partial charge in [-0.1, -0.05) is 18.2 Å². The molecular weight excluding hydrogens is 226 g/mol. The zero-order valence-electron chi connectivity index (χ0n) is 10.4. The number of phenolic OH excluding ortho intramolecular Hbond substituents is 1. The zero-order valence-corrected chi connectivity index (χ0v) is 10.4. The molecule has 0 saturated carbocycles. The smallest absolute Gasteiger partial charge is 0.140 e. The normalized spacial score (nSPS) is 16.3. The van der Waals surface area contributed by atoms with Gasteiger partial charge in [0.2, 0.25) is 0 Å². The number of hydrogen-bond acceptors (Lipinski definition) is 4. The Balaban J connectivity index is 2.32. The van der Waals surface area contributed by atoms with E-state index >= 15 is 0 Å². The van der Waals surface area contributed by atoms with Crippen molar-refractivity contribution in [2.75, 3.05) is 12.1 Å². The summed E-state index contributed by atoms with van der Waals surface area (Å²) in [4.78, 5) is 0. The number of hydrogen-bond donors (Lipinski definition) is 2. The maximum Gasteiger partial charge on any atom is 0.140 e. The van der Waals surface area contributed by atoms with Crippen LogP contribution in [0.2, 0.25) is 0 Å². The summed E-state index contributed by atoms with van der Waals surface area (Å²) >= 11 is 0. The second-order valence-electron chi connectivity index (χ2n) is 4.13. The predicted molar refractivity (Wildman–Crippen MR) is 74.7 cm³/mol. The Morgan fingerprint density at radius 1 is 1.22 bits per heavy atom. The van der Waals surface area contributed by atoms with Gasteiger partial charge in [-0.15, -0.1) is 0 Å². The minimum absolute atomic E-state index is 0.175. The summed E-state index contributed by atoms with van der Waals surface area (Å²) in [5.74, 6) is 0.175. The van der Waals surface area contributed by atoms with E-state index in [1.165, 1.54) is 0 Å². The molecule has 1 aliphatic rings. The van der Waals surface area contributed by atoms with Crippen LogP contribution in [0.1, 0.15) is 5.56 Å². The van der Waals surface area contributed by atoms with Gasteiger partial charge in [-0.2, -0.15) is 5.10 Å². The van der Waals surface area contributed by atoms with Crippen LogP contribution < -0.4 is 5.01 Å². The lowest BCUT2D eigenvalue weighted by Gasteiger charge is -2.17. The molecule has 18 heavy (non-hydrogen) atoms. The molecule has 0 radical (unpaired) electrons. The molecule has 0 fully saturated rings. The molecule has 0 heterocycles. The van der Waals surface area contributed by atoms with Gasteiger partial charge in [0.05, 0.1) is 5.71 Å². The van der Waals surface area contributed by atoms with Gasteiger partial charge in [-0.05, 0) is 36.8 Å². The number of allylic oxidation sites excluding steroid dienone is 4. The average molecular weight is 241 g/mol. The summed E-state index contributed by atoms with van der Waals surface area (Å²) in [5, 5.41) is 23.4. The molecule has 0 amide bonds. The molecule has 0 unspecified atom stereocenters. The lowest BCUT2D eigenvalue weighted by Crippen LogP contribution is -2.18. The SMILES string of the molecule is Cc1ccc(O)c(N(C)N=C2C=CC=CC2=N)c1. The van der Waals surface area contributed by atoms with Crippen molar-refractivity contribution in [1.29, 1.82) is 5.41 Å². The number of nitrogens with zero attached hydrogens (tertiary/aromatic N) is 2. The maximum atomic E-state index is 9.80. The van der Waals surface area contributed by atoms with E-state index in [1.54, 1.807) is 36.4 Å². The molecule has 0 bridgehead atoms. The van der Waals surface area contributed by atoms with Crippen molar-refractivity contribution >= 4 is 17.1 Å². The average Bonchev–Trinajstić information content (AvgIpc) is 2.35. The Labute approximate surface area is 106 Å². The minimum Gasteiger partial charge on any atom is -0.506 e. The highest BCUT2D eigenvalue weighted by molar-refractivity contribution is 6.50. The van der Waals surface area contributed by atoms with Gasteiger partial charge in [0.15, 0.2) is 0 Å². The maximum absolute atomic E-state index is 9.80. The first kappa shape index (κ1) is 12.1. The van der Waals surface area contributed by atoms with Crippen LogP contribution in [-0.2, 0) is 0 Å². The van der Waals surface area contributed by atoms with E-state index in [2.05, 4.69) is 5.10 Å². The quantitative estimate of drug-likeness (QED) is 0.617. The monoisotopic (exact) mass is 241 g/mol. The molecule has 1 aromatic carbocycles. The Kier molecular flexibility index (Phi) is 3.28. The lowest BCUT2D eigenvalue weighted by atomic mass is 10.1. The molecule has 0 saturated heterocycles. The predicted octanol–water partition coefficient (Wildman–Crippen LogP) is 2.64. The first-order chi connectivity index (χ1) is 8.58. The number of anilines is 1. The van der Waals surface area contributed by atoms with Gasteiger partial charge < -0.3 is 5.11 Å². The highest BCUT2D eigenvalue weighted by Gasteiger charge is 2.09. The zero-order chi connectivity index (χ0) is 13.1. The van der Waals surface area contributed by atoms with Gasteiger partial charge in [-0.3, -0.25) is 10.4 Å². The van der Waals surface area contributed by atoms with E-state index in [0.29, 0.717) is 17.1 Å². The molecule has 4 heteroatoms. The molecule has 2 rings (SSSR count). The van der Waals surface area contributed by atoms with Crippen LogP contribution in [0.3, 0.4) is 0 Å². The van der Waals surface area contributed by atoms with Gasteiger partial charge in [0.25, 0.3) is 0 Å². The molecule has 0 spiro atoms. The first-order valence-electron chi connectivity index (χ1n) is 5.63. The lowest BCUT2D eigenvalue weighted by molar-refractivity contribution is 0.475. The van der Waals surface area contributed by atoms with Gasteiger partial charge in [0, 0.05) is 7.05 Å². The van der Waals surface area contributed by atoms with E-state index in [-0.39, 0.29) is 5.75 Å². The molecule has 0 aromatic heterocycles. The van der Waals surface area contributed by atoms with Crippen molar-refractivity contribution in [3.63, 3.8) is 0 Å². The standard InChI is InChI=1S/C14H15N3O/c1-10-7-8-14(18)13(9-10)17(2)16-12-6-4-3-5-11(12)15/h3-9,15,18H,1-2H3. The molecule has 0 atom stereocenters. The highest BCUT2D eigenvalue weighted by Crippen LogP contribution is 2.27. The Morgan fingerprint density at radius 3 is 2.67 bits per heavy atom. The van der Waals surface area contributed by atoms with E-state index in [9.17, 15) is 5.11 Å². The fourth-order valence-corrected chi connectivity index (χ4v) is 1.67. The van der Waals surface area contributed by atoms with Crippen LogP contribution in [-0.4, -0.2) is 23.6 Å². The molecular formula is C14H15N3O. The summed E-state index contributed by atoms with van der Waals surface area (Å²) in [7, 11) is 1.75. The van der Waals surface area contributed by atoms with Crippen LogP contribution in [0.25, 0.3) is 0 Å². The Morgan fingerprint density at radius 2 is 1.94 bits per heavy atom. The summed E-state index contributed by atoms with van der Waals surface area (Å²) in [5.41, 5.74) is 2.60. The molecule has 2 N–H and O–H groups in total. The summed E-state index contributed by atoms with van der Waals surface area (Å²) in [6, 6.07) is 5.33. The van der Waals surface area contributed by atoms with E-state index < -0.39 is 0 Å². The second-order valence-corrected chi connectivity index (χ2v) is 4.13. The van der Waals surface area contributed by atoms with Gasteiger partial charge >= 0.3 is 0 Å². The van der Waals surface area contributed by atoms with Crippen molar-refractivity contribution in [3.8, 4) is 5.75 Å². The van der Waals surface area contributed by atoms with Crippen molar-refractivity contribution in [3.05, 3.63) is 48.1 Å². The van der Waals surface area contributed by atoms with Crippen molar-refractivity contribution < 1.29 is 5.11 Å². The minimum atomic E-state index is 0.175. The fraction of sp³-hybridized carbons (Fsp3) is 0.143. The number of benzene rings is 1. The molecule has 92 valence electrons. The van der Waals surface area contributed by atoms with Gasteiger partial charge in [-0.25, -0.2) is 0 Å². The first-order valence-corrected chi connectivity index (χ1v) is 5.63. The number of rotatable bonds is 2. The third-order valence-corrected chi connectivity index (χ3v) is 2.64. The number of phenols is 1. The van der Waals surface area contributed by atoms with Crippen molar-refractivity contribution in [2.45, 2.75) is 6.92 Å². The fourth-order valence-electron chi connectivity index (χ4n) is 1.67. The van der Waals surface area contributed by atoms with Crippen LogP contribution >= 0.6 is 0 Å². The number of nitrogens with one attached hydrogen (secondary N) is 1. The van der Waals surface area contributed by atoms with Crippen molar-refractivity contribution in [2.24, 2.45) is 5.10 Å². The summed E-state index contributed by atoms with van der Waals surface area (Å²) in [6.45, 7) is 1.95. The molecule has 4 nitrogen and oxygen atoms in total. The highest BCUT2D eigenvalue weighted by atomic mass is 16.3. The van der Waals surface area contributed by atoms with Crippen LogP contribution in [0.4, 0.5) is 5.69 Å². The molecule has 0 aliphatic heterocycles. The second kappa shape index (κ2) is 4.87. The third-order valence-electron chi connectivity index (χ3n) is 2.64. The van der Waals surface area contributed by atoms with E-state index in [4.69, 9.17) is 5.41 Å². The van der Waals surface area contributed by atoms with Crippen molar-refractivity contribution in [1.82, 2.24) is 0 Å². The van der Waals surface area contributed by atoms with E-state index in [0.717, 1.165) is 5.56 Å². The largest absolute Gasteiger partial charge is 0.506 e. The van der Waals surface area contributed by atoms with Crippen LogP contribution in [0, 0.1) is 12.3 Å². The molecule has 1 aromatic rings. The van der Waals surface area contributed by atoms with Crippen LogP contribution in [0.15, 0.2) is 47.6 Å². The van der Waals surface area contributed by atoms with E-state index in [1.807, 2.05) is 25.1 Å². The Bertz CT molecular complexity index is 570. The summed E-state index contributed by atoms with van der Waals surface area (Å²) in [6.07, 6.45) is 7.08. The van der Waals surface area contributed by atoms with Gasteiger partial charge in [0.1, 0.15) is 17.1 Å².